The number of carbonyl (C=O) groups is 1. The molecule has 1 aliphatic heterocycles. The number of nitrogens with one attached hydrogen (secondary N) is 1. The van der Waals surface area contributed by atoms with E-state index in [4.69, 9.17) is 0 Å². The van der Waals surface area contributed by atoms with Crippen LogP contribution >= 0.6 is 0 Å². The molecule has 0 atom stereocenters. The topological polar surface area (TPSA) is 69.7 Å². The van der Waals surface area contributed by atoms with Gasteiger partial charge in [-0.05, 0) is 31.4 Å². The lowest BCUT2D eigenvalue weighted by molar-refractivity contribution is -0.132. The Morgan fingerprint density at radius 2 is 1.91 bits per heavy atom. The van der Waals surface area contributed by atoms with Crippen molar-refractivity contribution < 1.29 is 13.2 Å². The van der Waals surface area contributed by atoms with Crippen molar-refractivity contribution in [2.24, 2.45) is 0 Å². The lowest BCUT2D eigenvalue weighted by Crippen LogP contribution is -2.50. The van der Waals surface area contributed by atoms with Crippen LogP contribution in [0.5, 0.6) is 0 Å². The van der Waals surface area contributed by atoms with E-state index < -0.39 is 10.0 Å². The molecule has 1 aromatic rings. The maximum atomic E-state index is 13.0. The first-order chi connectivity index (χ1) is 11.0. The monoisotopic (exact) mass is 337 g/mol. The number of carbonyl (C=O) groups excluding carboxylic acids is 1. The molecule has 0 bridgehead atoms. The maximum absolute atomic E-state index is 13.0. The zero-order valence-corrected chi connectivity index (χ0v) is 14.2. The molecule has 126 valence electrons. The Morgan fingerprint density at radius 1 is 1.26 bits per heavy atom. The van der Waals surface area contributed by atoms with Crippen LogP contribution in [0.3, 0.4) is 0 Å². The third kappa shape index (κ3) is 3.57. The van der Waals surface area contributed by atoms with E-state index in [1.807, 2.05) is 6.07 Å². The smallest absolute Gasteiger partial charge is 0.244 e. The predicted molar refractivity (Wildman–Crippen MR) is 87.5 cm³/mol. The second-order valence-corrected chi connectivity index (χ2v) is 8.04. The maximum Gasteiger partial charge on any atom is 0.244 e. The second kappa shape index (κ2) is 6.59. The van der Waals surface area contributed by atoms with Gasteiger partial charge in [0.15, 0.2) is 0 Å². The minimum absolute atomic E-state index is 0.0357. The standard InChI is InChI=1S/C16H23N3O3S/c1-13-4-2-3-5-15(13)23(21,22)19(14-6-7-14)12-16(20)18-10-8-17-9-11-18/h2-5,14,17H,6-12H2,1H3. The molecule has 0 aromatic heterocycles. The average molecular weight is 337 g/mol. The van der Waals surface area contributed by atoms with Crippen molar-refractivity contribution in [1.29, 1.82) is 0 Å². The first-order valence-corrected chi connectivity index (χ1v) is 9.50. The SMILES string of the molecule is Cc1ccccc1S(=O)(=O)N(CC(=O)N1CCNCC1)C1CC1. The van der Waals surface area contributed by atoms with Gasteiger partial charge < -0.3 is 10.2 Å². The summed E-state index contributed by atoms with van der Waals surface area (Å²) in [6, 6.07) is 6.92. The van der Waals surface area contributed by atoms with Crippen LogP contribution in [0.4, 0.5) is 0 Å². The molecule has 0 unspecified atom stereocenters. The van der Waals surface area contributed by atoms with Crippen LogP contribution in [-0.4, -0.2) is 62.3 Å². The van der Waals surface area contributed by atoms with Crippen molar-refractivity contribution in [2.75, 3.05) is 32.7 Å². The Morgan fingerprint density at radius 3 is 2.52 bits per heavy atom. The van der Waals surface area contributed by atoms with Gasteiger partial charge in [0.25, 0.3) is 0 Å². The highest BCUT2D eigenvalue weighted by Gasteiger charge is 2.40. The third-order valence-corrected chi connectivity index (χ3v) is 6.45. The molecule has 1 heterocycles. The zero-order chi connectivity index (χ0) is 16.4. The zero-order valence-electron chi connectivity index (χ0n) is 13.4. The van der Waals surface area contributed by atoms with Gasteiger partial charge >= 0.3 is 0 Å². The summed E-state index contributed by atoms with van der Waals surface area (Å²) in [6.07, 6.45) is 1.67. The predicted octanol–water partition coefficient (Wildman–Crippen LogP) is 0.580. The number of amides is 1. The fraction of sp³-hybridized carbons (Fsp3) is 0.562. The number of hydrogen-bond donors (Lipinski definition) is 1. The number of benzene rings is 1. The molecule has 1 saturated heterocycles. The van der Waals surface area contributed by atoms with Gasteiger partial charge in [-0.2, -0.15) is 4.31 Å². The van der Waals surface area contributed by atoms with Crippen LogP contribution in [-0.2, 0) is 14.8 Å². The van der Waals surface area contributed by atoms with E-state index in [1.165, 1.54) is 4.31 Å². The number of nitrogens with zero attached hydrogens (tertiary/aromatic N) is 2. The van der Waals surface area contributed by atoms with Crippen LogP contribution < -0.4 is 5.32 Å². The first-order valence-electron chi connectivity index (χ1n) is 8.06. The highest BCUT2D eigenvalue weighted by atomic mass is 32.2. The summed E-state index contributed by atoms with van der Waals surface area (Å²) in [5.74, 6) is -0.101. The van der Waals surface area contributed by atoms with Crippen LogP contribution in [0.25, 0.3) is 0 Å². The van der Waals surface area contributed by atoms with Crippen molar-refractivity contribution in [1.82, 2.24) is 14.5 Å². The van der Waals surface area contributed by atoms with Crippen LogP contribution in [0.2, 0.25) is 0 Å². The molecule has 1 aliphatic carbocycles. The van der Waals surface area contributed by atoms with Gasteiger partial charge in [-0.1, -0.05) is 18.2 Å². The van der Waals surface area contributed by atoms with E-state index in [0.29, 0.717) is 23.5 Å². The molecule has 1 aromatic carbocycles. The summed E-state index contributed by atoms with van der Waals surface area (Å²) in [5.41, 5.74) is 0.716. The Bertz CT molecular complexity index is 680. The number of sulfonamides is 1. The van der Waals surface area contributed by atoms with Gasteiger partial charge in [-0.25, -0.2) is 8.42 Å². The minimum Gasteiger partial charge on any atom is -0.339 e. The molecule has 6 nitrogen and oxygen atoms in total. The minimum atomic E-state index is -3.63. The van der Waals surface area contributed by atoms with Gasteiger partial charge in [-0.15, -0.1) is 0 Å². The van der Waals surface area contributed by atoms with Crippen molar-refractivity contribution in [3.8, 4) is 0 Å². The van der Waals surface area contributed by atoms with Gasteiger partial charge in [0.1, 0.15) is 0 Å². The molecule has 1 amide bonds. The van der Waals surface area contributed by atoms with E-state index in [9.17, 15) is 13.2 Å². The average Bonchev–Trinajstić information content (AvgIpc) is 3.38. The Hall–Kier alpha value is -1.44. The first kappa shape index (κ1) is 16.4. The second-order valence-electron chi connectivity index (χ2n) is 6.18. The lowest BCUT2D eigenvalue weighted by atomic mass is 10.2. The van der Waals surface area contributed by atoms with Crippen molar-refractivity contribution in [2.45, 2.75) is 30.7 Å². The quantitative estimate of drug-likeness (QED) is 0.853. The molecular weight excluding hydrogens is 314 g/mol. The van der Waals surface area contributed by atoms with E-state index in [0.717, 1.165) is 25.9 Å². The number of rotatable bonds is 5. The van der Waals surface area contributed by atoms with Crippen LogP contribution in [0, 0.1) is 6.92 Å². The molecule has 23 heavy (non-hydrogen) atoms. The number of aryl methyl sites for hydroxylation is 1. The molecule has 1 saturated carbocycles. The van der Waals surface area contributed by atoms with E-state index >= 15 is 0 Å². The lowest BCUT2D eigenvalue weighted by Gasteiger charge is -2.30. The van der Waals surface area contributed by atoms with E-state index in [2.05, 4.69) is 5.32 Å². The highest BCUT2D eigenvalue weighted by Crippen LogP contribution is 2.32. The molecule has 3 rings (SSSR count). The molecule has 2 aliphatic rings. The Labute approximate surface area is 137 Å². The third-order valence-electron chi connectivity index (χ3n) is 4.40. The van der Waals surface area contributed by atoms with E-state index in [-0.39, 0.29) is 18.5 Å². The van der Waals surface area contributed by atoms with E-state index in [1.54, 1.807) is 30.0 Å². The van der Waals surface area contributed by atoms with Crippen molar-refractivity contribution in [3.63, 3.8) is 0 Å². The van der Waals surface area contributed by atoms with Crippen molar-refractivity contribution >= 4 is 15.9 Å². The molecule has 1 N–H and O–H groups in total. The van der Waals surface area contributed by atoms with Gasteiger partial charge in [-0.3, -0.25) is 4.79 Å². The largest absolute Gasteiger partial charge is 0.339 e. The fourth-order valence-corrected chi connectivity index (χ4v) is 4.75. The van der Waals surface area contributed by atoms with Crippen LogP contribution in [0.1, 0.15) is 18.4 Å². The fourth-order valence-electron chi connectivity index (χ4n) is 2.89. The summed E-state index contributed by atoms with van der Waals surface area (Å²) in [7, 11) is -3.63. The molecular formula is C16H23N3O3S. The number of piperazine rings is 1. The van der Waals surface area contributed by atoms with Crippen molar-refractivity contribution in [3.05, 3.63) is 29.8 Å². The summed E-state index contributed by atoms with van der Waals surface area (Å²) in [6.45, 7) is 4.54. The number of hydrogen-bond acceptors (Lipinski definition) is 4. The highest BCUT2D eigenvalue weighted by molar-refractivity contribution is 7.89. The van der Waals surface area contributed by atoms with Gasteiger partial charge in [0.05, 0.1) is 11.4 Å². The molecule has 2 fully saturated rings. The molecule has 7 heteroatoms. The summed E-state index contributed by atoms with van der Waals surface area (Å²) in [4.78, 5) is 14.6. The molecule has 0 radical (unpaired) electrons. The normalized spacial score (nSPS) is 19.1. The Kier molecular flexibility index (Phi) is 4.70. The van der Waals surface area contributed by atoms with Crippen LogP contribution in [0.15, 0.2) is 29.2 Å². The summed E-state index contributed by atoms with van der Waals surface area (Å²) >= 11 is 0. The van der Waals surface area contributed by atoms with Gasteiger partial charge in [0.2, 0.25) is 15.9 Å². The van der Waals surface area contributed by atoms with Gasteiger partial charge in [0, 0.05) is 32.2 Å². The summed E-state index contributed by atoms with van der Waals surface area (Å²) < 4.78 is 27.4. The Balaban J connectivity index is 1.81. The molecule has 0 spiro atoms. The summed E-state index contributed by atoms with van der Waals surface area (Å²) in [5, 5.41) is 3.20.